The smallest absolute Gasteiger partial charge is 0.442 e. The number of alkyl halides is 3. The van der Waals surface area contributed by atoms with Crippen molar-refractivity contribution >= 4 is 17.9 Å². The molecule has 13 nitrogen and oxygen atoms in total. The highest BCUT2D eigenvalue weighted by atomic mass is 19.4. The zero-order chi connectivity index (χ0) is 48.6. The summed E-state index contributed by atoms with van der Waals surface area (Å²) in [7, 11) is 2.75. The molecular formula is C49H65F3N2O11. The lowest BCUT2D eigenvalue weighted by atomic mass is 9.76. The first-order valence-electron chi connectivity index (χ1n) is 22.0. The van der Waals surface area contributed by atoms with E-state index in [9.17, 15) is 37.8 Å². The number of carbonyl (C=O) groups excluding carboxylic acids is 3. The van der Waals surface area contributed by atoms with Gasteiger partial charge in [0.2, 0.25) is 5.76 Å². The Labute approximate surface area is 380 Å². The van der Waals surface area contributed by atoms with Crippen LogP contribution in [0.3, 0.4) is 0 Å². The van der Waals surface area contributed by atoms with Gasteiger partial charge in [-0.3, -0.25) is 4.79 Å². The third kappa shape index (κ3) is 12.8. The van der Waals surface area contributed by atoms with Crippen LogP contribution in [-0.4, -0.2) is 90.9 Å². The van der Waals surface area contributed by atoms with Crippen molar-refractivity contribution in [3.63, 3.8) is 0 Å². The molecule has 0 unspecified atom stereocenters. The summed E-state index contributed by atoms with van der Waals surface area (Å²) in [5, 5.41) is 30.9. The maximum absolute atomic E-state index is 14.0. The number of terminal acetylenes is 1. The molecular weight excluding hydrogens is 850 g/mol. The highest BCUT2D eigenvalue weighted by Gasteiger charge is 2.65. The van der Waals surface area contributed by atoms with Crippen molar-refractivity contribution in [2.24, 2.45) is 45.7 Å². The molecule has 0 bridgehead atoms. The van der Waals surface area contributed by atoms with Crippen LogP contribution in [0, 0.1) is 47.9 Å². The standard InChI is InChI=1S/C49H65F3N2O11/c1-13-14-18-40(55)63-43-30(6)23-28(4)16-15-17-37(60-11)44(64-46(58)38(61-12)25-29(5)24-31(43)7)33(9)41(56)34(10)47(59)26-39(32(8)42(65-47)27(2)3)62-45(57)35-19-21-36(22-20-35)48(53-54-48)49(50,51)52/h1,15-17,19-22,24-25,27,30-34,37,39,41-44,56,59H,14,18,23,26H2,2-12H3/b17-15+,28-16+,29-24+,38-25-/t30-,31+,32-,33-,34-,37-,39+,41+,42+,43-,44+,47+/m0/s1. The van der Waals surface area contributed by atoms with Crippen molar-refractivity contribution in [3.05, 3.63) is 82.7 Å². The zero-order valence-electron chi connectivity index (χ0n) is 39.1. The summed E-state index contributed by atoms with van der Waals surface area (Å²) in [5.74, 6) is -4.92. The fraction of sp³-hybridized carbons (Fsp3) is 0.612. The molecule has 1 aromatic rings. The highest BCUT2D eigenvalue weighted by Crippen LogP contribution is 2.52. The van der Waals surface area contributed by atoms with E-state index < -0.39 is 89.9 Å². The summed E-state index contributed by atoms with van der Waals surface area (Å²) >= 11 is 0. The van der Waals surface area contributed by atoms with E-state index in [0.29, 0.717) is 12.0 Å². The average molecular weight is 915 g/mol. The summed E-state index contributed by atoms with van der Waals surface area (Å²) in [6.45, 7) is 16.4. The van der Waals surface area contributed by atoms with Crippen molar-refractivity contribution in [3.8, 4) is 12.3 Å². The monoisotopic (exact) mass is 914 g/mol. The third-order valence-electron chi connectivity index (χ3n) is 12.6. The molecule has 2 N–H and O–H groups in total. The van der Waals surface area contributed by atoms with Crippen LogP contribution < -0.4 is 0 Å². The van der Waals surface area contributed by atoms with Crippen molar-refractivity contribution in [2.45, 2.75) is 142 Å². The van der Waals surface area contributed by atoms with Gasteiger partial charge in [-0.15, -0.1) is 22.6 Å². The molecule has 0 saturated carbocycles. The number of nitrogens with zero attached hydrogens (tertiary/aromatic N) is 2. The van der Waals surface area contributed by atoms with E-state index in [1.165, 1.54) is 32.4 Å². The summed E-state index contributed by atoms with van der Waals surface area (Å²) in [6.07, 6.45) is 4.35. The minimum Gasteiger partial charge on any atom is -0.490 e. The Hall–Kier alpha value is -4.82. The Balaban J connectivity index is 1.63. The van der Waals surface area contributed by atoms with Gasteiger partial charge < -0.3 is 38.6 Å². The number of ether oxygens (including phenoxy) is 6. The number of cyclic esters (lactones) is 1. The van der Waals surface area contributed by atoms with Crippen molar-refractivity contribution in [1.82, 2.24) is 0 Å². The SMILES string of the molecule is C#CCCC(=O)O[C@@H]1[C@H](C)/C=C(C)/C=C(\OC)C(=O)O[C@H]([C@@H](C)[C@@H](O)[C@H](C)[C@@]2(O)C[C@@H](OC(=O)c3ccc(C4(C(F)(F)F)N=N4)cc3)[C@H](C)[C@@H](C(C)C)O2)[C@@H](OC)/C=C/C=C(\C)C[C@@H]1C. The maximum Gasteiger partial charge on any atom is 0.442 e. The van der Waals surface area contributed by atoms with Crippen LogP contribution in [0.4, 0.5) is 13.2 Å². The normalized spacial score (nSPS) is 33.0. The van der Waals surface area contributed by atoms with Gasteiger partial charge in [0.25, 0.3) is 0 Å². The molecule has 0 aromatic heterocycles. The number of hydrogen-bond donors (Lipinski definition) is 2. The molecule has 16 heteroatoms. The number of aliphatic hydroxyl groups is 2. The van der Waals surface area contributed by atoms with Gasteiger partial charge in [0.1, 0.15) is 24.4 Å². The first-order valence-corrected chi connectivity index (χ1v) is 22.0. The summed E-state index contributed by atoms with van der Waals surface area (Å²) in [5.41, 5.74) is -1.33. The Kier molecular flexibility index (Phi) is 18.0. The Bertz CT molecular complexity index is 2030. The topological polar surface area (TPSA) is 172 Å². The number of methoxy groups -OCH3 is 2. The van der Waals surface area contributed by atoms with Crippen LogP contribution in [0.25, 0.3) is 0 Å². The van der Waals surface area contributed by atoms with E-state index in [4.69, 9.17) is 34.8 Å². The maximum atomic E-state index is 14.0. The molecule has 4 rings (SSSR count). The lowest BCUT2D eigenvalue weighted by molar-refractivity contribution is -0.328. The quantitative estimate of drug-likeness (QED) is 0.110. The Morgan fingerprint density at radius 2 is 1.68 bits per heavy atom. The fourth-order valence-corrected chi connectivity index (χ4v) is 8.76. The first kappa shape index (κ1) is 52.8. The van der Waals surface area contributed by atoms with Crippen LogP contribution in [0.2, 0.25) is 0 Å². The summed E-state index contributed by atoms with van der Waals surface area (Å²) < 4.78 is 76.6. The zero-order valence-corrected chi connectivity index (χ0v) is 39.1. The number of benzene rings is 1. The average Bonchev–Trinajstić information content (AvgIpc) is 4.08. The van der Waals surface area contributed by atoms with Gasteiger partial charge in [-0.25, -0.2) is 9.59 Å². The van der Waals surface area contributed by atoms with Crippen LogP contribution in [0.5, 0.6) is 0 Å². The van der Waals surface area contributed by atoms with Gasteiger partial charge in [-0.1, -0.05) is 96.0 Å². The molecule has 1 aromatic carbocycles. The molecule has 358 valence electrons. The van der Waals surface area contributed by atoms with Gasteiger partial charge in [-0.05, 0) is 50.3 Å². The summed E-state index contributed by atoms with van der Waals surface area (Å²) in [4.78, 5) is 40.2. The number of esters is 3. The third-order valence-corrected chi connectivity index (χ3v) is 12.6. The predicted molar refractivity (Wildman–Crippen MR) is 234 cm³/mol. The molecule has 3 aliphatic heterocycles. The fourth-order valence-electron chi connectivity index (χ4n) is 8.76. The van der Waals surface area contributed by atoms with Gasteiger partial charge >= 0.3 is 29.7 Å². The van der Waals surface area contributed by atoms with Gasteiger partial charge in [0.15, 0.2) is 5.79 Å². The van der Waals surface area contributed by atoms with Gasteiger partial charge in [-0.2, -0.15) is 13.2 Å². The van der Waals surface area contributed by atoms with Crippen LogP contribution >= 0.6 is 0 Å². The summed E-state index contributed by atoms with van der Waals surface area (Å²) in [6, 6.07) is 4.65. The van der Waals surface area contributed by atoms with E-state index in [1.807, 2.05) is 46.8 Å². The molecule has 12 atom stereocenters. The number of halogens is 3. The number of carbonyl (C=O) groups is 3. The highest BCUT2D eigenvalue weighted by molar-refractivity contribution is 5.89. The minimum absolute atomic E-state index is 0.0248. The lowest BCUT2D eigenvalue weighted by Gasteiger charge is -2.50. The Morgan fingerprint density at radius 1 is 1.03 bits per heavy atom. The van der Waals surface area contributed by atoms with Crippen molar-refractivity contribution < 1.29 is 66.2 Å². The second kappa shape index (κ2) is 22.1. The van der Waals surface area contributed by atoms with Gasteiger partial charge in [0.05, 0.1) is 31.3 Å². The van der Waals surface area contributed by atoms with E-state index in [2.05, 4.69) is 16.1 Å². The second-order valence-corrected chi connectivity index (χ2v) is 18.1. The predicted octanol–water partition coefficient (Wildman–Crippen LogP) is 8.70. The van der Waals surface area contributed by atoms with Crippen LogP contribution in [-0.2, 0) is 43.7 Å². The van der Waals surface area contributed by atoms with E-state index in [1.54, 1.807) is 39.8 Å². The van der Waals surface area contributed by atoms with E-state index >= 15 is 0 Å². The molecule has 3 heterocycles. The molecule has 1 fully saturated rings. The number of hydrogen-bond acceptors (Lipinski definition) is 13. The Morgan fingerprint density at radius 3 is 2.23 bits per heavy atom. The van der Waals surface area contributed by atoms with E-state index in [-0.39, 0.29) is 53.9 Å². The van der Waals surface area contributed by atoms with Crippen molar-refractivity contribution in [2.75, 3.05) is 14.2 Å². The molecule has 65 heavy (non-hydrogen) atoms. The van der Waals surface area contributed by atoms with Crippen LogP contribution in [0.15, 0.2) is 81.8 Å². The van der Waals surface area contributed by atoms with Crippen LogP contribution in [0.1, 0.15) is 104 Å². The van der Waals surface area contributed by atoms with E-state index in [0.717, 1.165) is 17.7 Å². The molecule has 3 aliphatic rings. The molecule has 0 amide bonds. The molecule has 0 spiro atoms. The number of rotatable bonds is 13. The minimum atomic E-state index is -4.74. The largest absolute Gasteiger partial charge is 0.490 e. The number of allylic oxidation sites excluding steroid dienone is 5. The first-order chi connectivity index (χ1) is 30.4. The van der Waals surface area contributed by atoms with Gasteiger partial charge in [0, 0.05) is 49.2 Å². The molecule has 0 radical (unpaired) electrons. The second-order valence-electron chi connectivity index (χ2n) is 18.1. The van der Waals surface area contributed by atoms with Crippen molar-refractivity contribution in [1.29, 1.82) is 0 Å². The lowest BCUT2D eigenvalue weighted by Crippen LogP contribution is -2.59. The molecule has 0 aliphatic carbocycles. The molecule has 1 saturated heterocycles. The number of aliphatic hydroxyl groups excluding tert-OH is 1.